The van der Waals surface area contributed by atoms with Crippen LogP contribution in [0.2, 0.25) is 0 Å². The Morgan fingerprint density at radius 1 is 0.667 bits per heavy atom. The summed E-state index contributed by atoms with van der Waals surface area (Å²) < 4.78 is 9.66. The van der Waals surface area contributed by atoms with Crippen molar-refractivity contribution in [3.63, 3.8) is 0 Å². The number of aryl methyl sites for hydroxylation is 4. The predicted octanol–water partition coefficient (Wildman–Crippen LogP) is 7.07. The van der Waals surface area contributed by atoms with Gasteiger partial charge in [-0.15, -0.1) is 0 Å². The van der Waals surface area contributed by atoms with Crippen molar-refractivity contribution in [1.82, 2.24) is 40.4 Å². The average Bonchev–Trinajstić information content (AvgIpc) is 4.15. The molecule has 0 spiro atoms. The second-order valence-electron chi connectivity index (χ2n) is 18.8. The number of amides is 4. The molecule has 14 heteroatoms. The molecule has 0 unspecified atom stereocenters. The number of carbonyl (C=O) groups excluding carboxylic acids is 4. The molecule has 66 heavy (non-hydrogen) atoms. The van der Waals surface area contributed by atoms with E-state index < -0.39 is 24.3 Å². The molecule has 4 aromatic rings. The van der Waals surface area contributed by atoms with Gasteiger partial charge >= 0.3 is 12.2 Å². The first-order chi connectivity index (χ1) is 31.9. The minimum Gasteiger partial charge on any atom is -0.453 e. The summed E-state index contributed by atoms with van der Waals surface area (Å²) in [6.45, 7) is 8.27. The topological polar surface area (TPSA) is 175 Å². The Bertz CT molecular complexity index is 2570. The molecule has 346 valence electrons. The quantitative estimate of drug-likeness (QED) is 0.136. The number of alkyl carbamates (subject to hydrolysis) is 2. The lowest BCUT2D eigenvalue weighted by Gasteiger charge is -2.36. The number of methoxy groups -OCH3 is 2. The van der Waals surface area contributed by atoms with Gasteiger partial charge in [-0.05, 0) is 122 Å². The molecule has 7 aliphatic rings. The predicted molar refractivity (Wildman–Crippen MR) is 249 cm³/mol. The number of imidazole rings is 2. The molecule has 4 bridgehead atoms. The van der Waals surface area contributed by atoms with E-state index in [9.17, 15) is 19.2 Å². The number of aromatic amines is 2. The van der Waals surface area contributed by atoms with E-state index in [4.69, 9.17) is 19.4 Å². The van der Waals surface area contributed by atoms with E-state index in [0.29, 0.717) is 29.7 Å². The van der Waals surface area contributed by atoms with Crippen molar-refractivity contribution < 1.29 is 28.7 Å². The van der Waals surface area contributed by atoms with Crippen molar-refractivity contribution in [3.8, 4) is 23.7 Å². The summed E-state index contributed by atoms with van der Waals surface area (Å²) in [6, 6.07) is 11.4. The second kappa shape index (κ2) is 20.3. The second-order valence-corrected chi connectivity index (χ2v) is 18.8. The van der Waals surface area contributed by atoms with Crippen LogP contribution in [-0.4, -0.2) is 92.6 Å². The summed E-state index contributed by atoms with van der Waals surface area (Å²) in [5.74, 6) is 14.9. The van der Waals surface area contributed by atoms with Crippen LogP contribution in [0.4, 0.5) is 9.59 Å². The Labute approximate surface area is 387 Å². The maximum Gasteiger partial charge on any atom is 0.407 e. The summed E-state index contributed by atoms with van der Waals surface area (Å²) >= 11 is 0. The molecule has 4 heterocycles. The van der Waals surface area contributed by atoms with E-state index in [2.05, 4.69) is 80.7 Å². The third kappa shape index (κ3) is 10.1. The smallest absolute Gasteiger partial charge is 0.407 e. The number of hydrogen-bond acceptors (Lipinski definition) is 8. The van der Waals surface area contributed by atoms with E-state index in [0.717, 1.165) is 98.7 Å². The number of ether oxygens (including phenoxy) is 2. The largest absolute Gasteiger partial charge is 0.453 e. The molecular weight excluding hydrogens is 833 g/mol. The summed E-state index contributed by atoms with van der Waals surface area (Å²) in [4.78, 5) is 72.5. The molecular formula is C52H62N8O6. The third-order valence-corrected chi connectivity index (χ3v) is 13.9. The molecule has 3 fully saturated rings. The Morgan fingerprint density at radius 2 is 1.20 bits per heavy atom. The molecule has 5 aliphatic carbocycles. The number of H-pyrrole nitrogens is 2. The molecule has 1 saturated carbocycles. The van der Waals surface area contributed by atoms with E-state index in [1.165, 1.54) is 25.3 Å². The Hall–Kier alpha value is -6.54. The fraction of sp³-hybridized carbons (Fsp3) is 0.500. The zero-order valence-electron chi connectivity index (χ0n) is 39.0. The van der Waals surface area contributed by atoms with Crippen LogP contribution in [0.25, 0.3) is 0 Å². The van der Waals surface area contributed by atoms with Crippen molar-refractivity contribution in [2.24, 2.45) is 17.8 Å². The number of nitrogens with one attached hydrogen (secondary N) is 4. The SMILES string of the molecule is COC(=O)N[C@H](C(=O)N1CCC[C@H]1c1nc(C#Cc2cc3ccc2CCc2ccc(c(C#Cc4c[nH]c([C@@H]5C[C@@H]6CCCC[C@@H]6N5C(=O)[C@@H](NC(=O)OC)C(C)C)n4)c2)CC3)c[nH]1)C(C)C. The monoisotopic (exact) mass is 894 g/mol. The van der Waals surface area contributed by atoms with Gasteiger partial charge in [0.2, 0.25) is 11.8 Å². The van der Waals surface area contributed by atoms with E-state index >= 15 is 0 Å². The Kier molecular flexibility index (Phi) is 14.2. The van der Waals surface area contributed by atoms with Gasteiger partial charge in [-0.25, -0.2) is 19.6 Å². The van der Waals surface area contributed by atoms with Gasteiger partial charge in [-0.2, -0.15) is 0 Å². The highest BCUT2D eigenvalue weighted by Gasteiger charge is 2.48. The molecule has 11 rings (SSSR count). The van der Waals surface area contributed by atoms with E-state index in [1.54, 1.807) is 11.1 Å². The fourth-order valence-corrected chi connectivity index (χ4v) is 10.3. The van der Waals surface area contributed by atoms with Crippen LogP contribution in [0, 0.1) is 41.4 Å². The number of rotatable bonds is 8. The van der Waals surface area contributed by atoms with Crippen molar-refractivity contribution >= 4 is 24.0 Å². The van der Waals surface area contributed by atoms with Crippen molar-refractivity contribution in [2.75, 3.05) is 20.8 Å². The lowest BCUT2D eigenvalue weighted by atomic mass is 9.84. The minimum atomic E-state index is -0.702. The summed E-state index contributed by atoms with van der Waals surface area (Å²) in [5, 5.41) is 5.50. The first-order valence-corrected chi connectivity index (χ1v) is 23.6. The van der Waals surface area contributed by atoms with Crippen LogP contribution in [0.15, 0.2) is 48.8 Å². The number of aromatic nitrogens is 4. The zero-order valence-corrected chi connectivity index (χ0v) is 39.0. The zero-order chi connectivity index (χ0) is 46.5. The third-order valence-electron chi connectivity index (χ3n) is 13.9. The maximum absolute atomic E-state index is 14.3. The van der Waals surface area contributed by atoms with Crippen LogP contribution < -0.4 is 10.6 Å². The van der Waals surface area contributed by atoms with Gasteiger partial charge < -0.3 is 39.9 Å². The summed E-state index contributed by atoms with van der Waals surface area (Å²) in [7, 11) is 2.61. The number of fused-ring (bicyclic) bond motifs is 1. The van der Waals surface area contributed by atoms with Gasteiger partial charge in [-0.1, -0.05) is 76.6 Å². The van der Waals surface area contributed by atoms with Crippen molar-refractivity contribution in [3.05, 3.63) is 105 Å². The van der Waals surface area contributed by atoms with Gasteiger partial charge in [0.1, 0.15) is 35.1 Å². The molecule has 0 radical (unpaired) electrons. The number of likely N-dealkylation sites (tertiary alicyclic amines) is 2. The molecule has 2 aliphatic heterocycles. The fourth-order valence-electron chi connectivity index (χ4n) is 10.3. The maximum atomic E-state index is 14.3. The van der Waals surface area contributed by atoms with Gasteiger partial charge in [0.05, 0.1) is 26.3 Å². The van der Waals surface area contributed by atoms with Crippen molar-refractivity contribution in [1.29, 1.82) is 0 Å². The van der Waals surface area contributed by atoms with Crippen LogP contribution in [0.3, 0.4) is 0 Å². The van der Waals surface area contributed by atoms with Gasteiger partial charge in [0, 0.05) is 36.1 Å². The van der Waals surface area contributed by atoms with E-state index in [-0.39, 0.29) is 41.8 Å². The highest BCUT2D eigenvalue weighted by molar-refractivity contribution is 5.87. The normalized spacial score (nSPS) is 20.8. The lowest BCUT2D eigenvalue weighted by molar-refractivity contribution is -0.138. The molecule has 6 atom stereocenters. The van der Waals surface area contributed by atoms with E-state index in [1.807, 2.05) is 38.8 Å². The molecule has 14 nitrogen and oxygen atoms in total. The van der Waals surface area contributed by atoms with Gasteiger partial charge in [0.25, 0.3) is 0 Å². The first-order valence-electron chi connectivity index (χ1n) is 23.6. The van der Waals surface area contributed by atoms with Crippen LogP contribution in [-0.2, 0) is 44.7 Å². The van der Waals surface area contributed by atoms with Crippen LogP contribution in [0.5, 0.6) is 0 Å². The molecule has 2 aromatic heterocycles. The van der Waals surface area contributed by atoms with Crippen LogP contribution >= 0.6 is 0 Å². The highest BCUT2D eigenvalue weighted by atomic mass is 16.5. The van der Waals surface area contributed by atoms with Gasteiger partial charge in [-0.3, -0.25) is 9.59 Å². The summed E-state index contributed by atoms with van der Waals surface area (Å²) in [5.41, 5.74) is 7.90. The Morgan fingerprint density at radius 3 is 1.74 bits per heavy atom. The van der Waals surface area contributed by atoms with Gasteiger partial charge in [0.15, 0.2) is 0 Å². The Balaban J connectivity index is 0.966. The molecule has 2 aromatic carbocycles. The average molecular weight is 895 g/mol. The molecule has 2 saturated heterocycles. The number of carbonyl (C=O) groups is 4. The van der Waals surface area contributed by atoms with Crippen molar-refractivity contribution in [2.45, 2.75) is 129 Å². The summed E-state index contributed by atoms with van der Waals surface area (Å²) in [6.07, 6.45) is 12.3. The molecule has 4 N–H and O–H groups in total. The minimum absolute atomic E-state index is 0.0932. The molecule has 4 amide bonds. The number of nitrogens with zero attached hydrogens (tertiary/aromatic N) is 4. The number of benzene rings is 2. The first kappa shape index (κ1) is 46.0. The standard InChI is InChI=1S/C52H62N8O6/c1-31(2)45(57-51(63)65-5)49(61)59-25-9-12-43(59)47-53-29-40(55-47)23-21-37-26-33-13-17-35(37)18-14-34-16-20-36(19-15-33)38(27-34)22-24-41-30-54-48(56-41)44-28-39-10-7-8-11-42(39)60(44)50(62)46(32(3)4)58-52(64)66-6/h13,16-17,20,26-27,29-32,39,42-46H,7-12,14-15,18-19,25,28H2,1-6H3,(H,53,55)(H,54,56)(H,57,63)(H,58,64)/t39-,42-,43-,44-,45-,46-/m0/s1. The highest BCUT2D eigenvalue weighted by Crippen LogP contribution is 2.46. The lowest BCUT2D eigenvalue weighted by Crippen LogP contribution is -2.53. The number of hydrogen-bond donors (Lipinski definition) is 4. The van der Waals surface area contributed by atoms with Crippen LogP contribution in [0.1, 0.15) is 141 Å².